The van der Waals surface area contributed by atoms with Gasteiger partial charge in [-0.3, -0.25) is 4.79 Å². The molecule has 0 unspecified atom stereocenters. The SMILES string of the molecule is COc1c(F)ccc2c1CC(=O)S2. The van der Waals surface area contributed by atoms with Crippen molar-refractivity contribution >= 4 is 16.9 Å². The molecule has 2 rings (SSSR count). The van der Waals surface area contributed by atoms with Gasteiger partial charge in [-0.15, -0.1) is 0 Å². The summed E-state index contributed by atoms with van der Waals surface area (Å²) in [5, 5.41) is 0.0406. The van der Waals surface area contributed by atoms with Crippen molar-refractivity contribution in [2.24, 2.45) is 0 Å². The molecule has 0 spiro atoms. The first-order valence-electron chi connectivity index (χ1n) is 3.78. The van der Waals surface area contributed by atoms with Gasteiger partial charge in [-0.05, 0) is 12.1 Å². The summed E-state index contributed by atoms with van der Waals surface area (Å²) in [5.41, 5.74) is 0.678. The number of fused-ring (bicyclic) bond motifs is 1. The van der Waals surface area contributed by atoms with Crippen molar-refractivity contribution < 1.29 is 13.9 Å². The molecule has 0 aliphatic carbocycles. The summed E-state index contributed by atoms with van der Waals surface area (Å²) in [6, 6.07) is 2.94. The van der Waals surface area contributed by atoms with Crippen LogP contribution in [-0.2, 0) is 11.2 Å². The number of thioether (sulfide) groups is 1. The second kappa shape index (κ2) is 3.03. The van der Waals surface area contributed by atoms with Gasteiger partial charge in [-0.1, -0.05) is 11.8 Å². The molecule has 1 aromatic rings. The molecule has 0 fully saturated rings. The Labute approximate surface area is 79.1 Å². The molecule has 2 nitrogen and oxygen atoms in total. The van der Waals surface area contributed by atoms with Crippen molar-refractivity contribution in [1.82, 2.24) is 0 Å². The van der Waals surface area contributed by atoms with E-state index in [-0.39, 0.29) is 17.3 Å². The largest absolute Gasteiger partial charge is 0.493 e. The van der Waals surface area contributed by atoms with Crippen LogP contribution in [0.1, 0.15) is 5.56 Å². The van der Waals surface area contributed by atoms with Gasteiger partial charge in [0.2, 0.25) is 0 Å². The number of hydrogen-bond acceptors (Lipinski definition) is 3. The lowest BCUT2D eigenvalue weighted by molar-refractivity contribution is -0.110. The fourth-order valence-electron chi connectivity index (χ4n) is 1.37. The molecule has 0 saturated heterocycles. The van der Waals surface area contributed by atoms with Gasteiger partial charge in [0.15, 0.2) is 16.7 Å². The van der Waals surface area contributed by atoms with Crippen LogP contribution in [0.15, 0.2) is 17.0 Å². The summed E-state index contributed by atoms with van der Waals surface area (Å²) in [6.07, 6.45) is 0.265. The van der Waals surface area contributed by atoms with Crippen LogP contribution in [-0.4, -0.2) is 12.2 Å². The smallest absolute Gasteiger partial charge is 0.198 e. The minimum absolute atomic E-state index is 0.0406. The van der Waals surface area contributed by atoms with Gasteiger partial charge in [0, 0.05) is 16.9 Å². The molecule has 13 heavy (non-hydrogen) atoms. The molecule has 68 valence electrons. The molecular formula is C9H7FO2S. The fourth-order valence-corrected chi connectivity index (χ4v) is 2.25. The molecule has 0 bridgehead atoms. The molecule has 1 aromatic carbocycles. The number of ether oxygens (including phenoxy) is 1. The standard InChI is InChI=1S/C9H7FO2S/c1-12-9-5-4-8(11)13-7(5)3-2-6(9)10/h2-3H,4H2,1H3. The molecule has 1 heterocycles. The van der Waals surface area contributed by atoms with Crippen LogP contribution in [0.25, 0.3) is 0 Å². The van der Waals surface area contributed by atoms with E-state index in [0.717, 1.165) is 16.7 Å². The Balaban J connectivity index is 2.58. The summed E-state index contributed by atoms with van der Waals surface area (Å²) in [5.74, 6) is -0.201. The fraction of sp³-hybridized carbons (Fsp3) is 0.222. The Bertz CT molecular complexity index is 376. The second-order valence-corrected chi connectivity index (χ2v) is 3.81. The van der Waals surface area contributed by atoms with Gasteiger partial charge in [-0.2, -0.15) is 0 Å². The number of halogens is 1. The van der Waals surface area contributed by atoms with E-state index in [2.05, 4.69) is 0 Å². The maximum atomic E-state index is 13.1. The van der Waals surface area contributed by atoms with Crippen molar-refractivity contribution in [2.75, 3.05) is 7.11 Å². The van der Waals surface area contributed by atoms with E-state index >= 15 is 0 Å². The summed E-state index contributed by atoms with van der Waals surface area (Å²) in [6.45, 7) is 0. The van der Waals surface area contributed by atoms with Gasteiger partial charge in [0.05, 0.1) is 7.11 Å². The summed E-state index contributed by atoms with van der Waals surface area (Å²) < 4.78 is 18.0. The van der Waals surface area contributed by atoms with Crippen molar-refractivity contribution in [1.29, 1.82) is 0 Å². The van der Waals surface area contributed by atoms with Gasteiger partial charge in [0.25, 0.3) is 0 Å². The number of carbonyl (C=O) groups excluding carboxylic acids is 1. The molecule has 0 atom stereocenters. The van der Waals surface area contributed by atoms with Crippen molar-refractivity contribution in [3.63, 3.8) is 0 Å². The molecule has 0 N–H and O–H groups in total. The zero-order valence-electron chi connectivity index (χ0n) is 6.96. The Morgan fingerprint density at radius 2 is 2.31 bits per heavy atom. The highest BCUT2D eigenvalue weighted by Gasteiger charge is 2.24. The summed E-state index contributed by atoms with van der Waals surface area (Å²) >= 11 is 1.14. The highest BCUT2D eigenvalue weighted by atomic mass is 32.2. The first kappa shape index (κ1) is 8.56. The first-order chi connectivity index (χ1) is 6.22. The lowest BCUT2D eigenvalue weighted by Crippen LogP contribution is -1.95. The monoisotopic (exact) mass is 198 g/mol. The van der Waals surface area contributed by atoms with Crippen LogP contribution < -0.4 is 4.74 Å². The molecule has 1 aliphatic heterocycles. The normalized spacial score (nSPS) is 14.5. The van der Waals surface area contributed by atoms with Crippen LogP contribution >= 0.6 is 11.8 Å². The number of hydrogen-bond donors (Lipinski definition) is 0. The van der Waals surface area contributed by atoms with E-state index in [4.69, 9.17) is 4.74 Å². The van der Waals surface area contributed by atoms with Crippen molar-refractivity contribution in [3.8, 4) is 5.75 Å². The third-order valence-electron chi connectivity index (χ3n) is 1.92. The zero-order valence-corrected chi connectivity index (χ0v) is 7.78. The van der Waals surface area contributed by atoms with E-state index in [9.17, 15) is 9.18 Å². The van der Waals surface area contributed by atoms with Crippen molar-refractivity contribution in [3.05, 3.63) is 23.5 Å². The third kappa shape index (κ3) is 1.31. The lowest BCUT2D eigenvalue weighted by atomic mass is 10.1. The highest BCUT2D eigenvalue weighted by molar-refractivity contribution is 8.14. The molecular weight excluding hydrogens is 191 g/mol. The average molecular weight is 198 g/mol. The van der Waals surface area contributed by atoms with Crippen LogP contribution in [0, 0.1) is 5.82 Å². The van der Waals surface area contributed by atoms with Gasteiger partial charge >= 0.3 is 0 Å². The molecule has 1 aliphatic rings. The minimum atomic E-state index is -0.406. The Kier molecular flexibility index (Phi) is 2.00. The maximum Gasteiger partial charge on any atom is 0.198 e. The number of carbonyl (C=O) groups is 1. The van der Waals surface area contributed by atoms with E-state index in [0.29, 0.717) is 5.56 Å². The van der Waals surface area contributed by atoms with Crippen LogP contribution in [0.3, 0.4) is 0 Å². The van der Waals surface area contributed by atoms with Crippen LogP contribution in [0.2, 0.25) is 0 Å². The van der Waals surface area contributed by atoms with Crippen molar-refractivity contribution in [2.45, 2.75) is 11.3 Å². The van der Waals surface area contributed by atoms with E-state index in [1.165, 1.54) is 13.2 Å². The molecule has 0 amide bonds. The highest BCUT2D eigenvalue weighted by Crippen LogP contribution is 2.39. The quantitative estimate of drug-likeness (QED) is 0.690. The summed E-state index contributed by atoms with van der Waals surface area (Å²) in [4.78, 5) is 11.9. The predicted molar refractivity (Wildman–Crippen MR) is 47.5 cm³/mol. The van der Waals surface area contributed by atoms with Gasteiger partial charge in [0.1, 0.15) is 0 Å². The van der Waals surface area contributed by atoms with Gasteiger partial charge in [-0.25, -0.2) is 4.39 Å². The van der Waals surface area contributed by atoms with Crippen LogP contribution in [0.5, 0.6) is 5.75 Å². The average Bonchev–Trinajstić information content (AvgIpc) is 2.45. The Hall–Kier alpha value is -1.03. The number of methoxy groups -OCH3 is 1. The number of benzene rings is 1. The topological polar surface area (TPSA) is 26.3 Å². The predicted octanol–water partition coefficient (Wildman–Crippen LogP) is 2.01. The van der Waals surface area contributed by atoms with E-state index < -0.39 is 5.82 Å². The first-order valence-corrected chi connectivity index (χ1v) is 4.60. The van der Waals surface area contributed by atoms with E-state index in [1.54, 1.807) is 6.07 Å². The zero-order chi connectivity index (χ0) is 9.42. The Morgan fingerprint density at radius 1 is 1.54 bits per heavy atom. The molecule has 0 aromatic heterocycles. The second-order valence-electron chi connectivity index (χ2n) is 2.71. The lowest BCUT2D eigenvalue weighted by Gasteiger charge is -2.05. The summed E-state index contributed by atoms with van der Waals surface area (Å²) in [7, 11) is 1.41. The Morgan fingerprint density at radius 3 is 3.00 bits per heavy atom. The van der Waals surface area contributed by atoms with Crippen LogP contribution in [0.4, 0.5) is 4.39 Å². The number of rotatable bonds is 1. The third-order valence-corrected chi connectivity index (χ3v) is 2.89. The molecule has 0 saturated carbocycles. The van der Waals surface area contributed by atoms with E-state index in [1.807, 2.05) is 0 Å². The molecule has 0 radical (unpaired) electrons. The molecule has 4 heteroatoms. The van der Waals surface area contributed by atoms with Gasteiger partial charge < -0.3 is 4.74 Å². The maximum absolute atomic E-state index is 13.1. The minimum Gasteiger partial charge on any atom is -0.493 e.